The quantitative estimate of drug-likeness (QED) is 0.742. The van der Waals surface area contributed by atoms with Gasteiger partial charge in [0.15, 0.2) is 5.82 Å². The number of tetrazole rings is 1. The topological polar surface area (TPSA) is 43.6 Å². The Labute approximate surface area is 92.7 Å². The number of thioether (sulfide) groups is 1. The molecule has 0 N–H and O–H groups in total. The Kier molecular flexibility index (Phi) is 3.01. The highest BCUT2D eigenvalue weighted by Crippen LogP contribution is 2.28. The van der Waals surface area contributed by atoms with Crippen LogP contribution in [0.4, 0.5) is 0 Å². The van der Waals surface area contributed by atoms with Gasteiger partial charge in [0.05, 0.1) is 0 Å². The standard InChI is InChI=1S/C10H12N4S/c1-3-15-9-7-5-4-6-8(9)10-11-12-13-14(10)2/h4-7H,3H2,1-2H3. The minimum absolute atomic E-state index is 0.812. The van der Waals surface area contributed by atoms with Gasteiger partial charge in [-0.2, -0.15) is 0 Å². The van der Waals surface area contributed by atoms with E-state index in [-0.39, 0.29) is 0 Å². The van der Waals surface area contributed by atoms with Crippen molar-refractivity contribution in [1.29, 1.82) is 0 Å². The van der Waals surface area contributed by atoms with Gasteiger partial charge in [0.2, 0.25) is 0 Å². The van der Waals surface area contributed by atoms with Crippen LogP contribution in [0, 0.1) is 0 Å². The van der Waals surface area contributed by atoms with Crippen LogP contribution in [0.25, 0.3) is 11.4 Å². The molecule has 1 aromatic carbocycles. The second-order valence-corrected chi connectivity index (χ2v) is 4.36. The minimum Gasteiger partial charge on any atom is -0.229 e. The molecule has 0 aliphatic rings. The van der Waals surface area contributed by atoms with Crippen molar-refractivity contribution < 1.29 is 0 Å². The van der Waals surface area contributed by atoms with Gasteiger partial charge in [-0.05, 0) is 28.3 Å². The first-order valence-corrected chi connectivity index (χ1v) is 5.76. The number of aryl methyl sites for hydroxylation is 1. The van der Waals surface area contributed by atoms with Crippen molar-refractivity contribution >= 4 is 11.8 Å². The van der Waals surface area contributed by atoms with Crippen LogP contribution in [0.2, 0.25) is 0 Å². The normalized spacial score (nSPS) is 10.5. The average molecular weight is 220 g/mol. The highest BCUT2D eigenvalue weighted by molar-refractivity contribution is 7.99. The molecule has 1 heterocycles. The lowest BCUT2D eigenvalue weighted by atomic mass is 10.2. The molecule has 0 aliphatic carbocycles. The van der Waals surface area contributed by atoms with Crippen molar-refractivity contribution in [2.45, 2.75) is 11.8 Å². The third kappa shape index (κ3) is 2.02. The summed E-state index contributed by atoms with van der Waals surface area (Å²) in [6.45, 7) is 2.14. The van der Waals surface area contributed by atoms with Crippen LogP contribution >= 0.6 is 11.8 Å². The third-order valence-corrected chi connectivity index (χ3v) is 3.00. The molecule has 4 nitrogen and oxygen atoms in total. The summed E-state index contributed by atoms with van der Waals surface area (Å²) < 4.78 is 1.69. The van der Waals surface area contributed by atoms with E-state index >= 15 is 0 Å². The molecular formula is C10H12N4S. The Hall–Kier alpha value is -1.36. The molecule has 2 rings (SSSR count). The van der Waals surface area contributed by atoms with Crippen molar-refractivity contribution in [3.05, 3.63) is 24.3 Å². The van der Waals surface area contributed by atoms with Crippen molar-refractivity contribution in [2.24, 2.45) is 7.05 Å². The van der Waals surface area contributed by atoms with Gasteiger partial charge in [-0.25, -0.2) is 4.68 Å². The first-order chi connectivity index (χ1) is 7.33. The molecule has 1 aromatic heterocycles. The maximum atomic E-state index is 4.02. The van der Waals surface area contributed by atoms with Gasteiger partial charge in [0, 0.05) is 17.5 Å². The van der Waals surface area contributed by atoms with E-state index in [1.807, 2.05) is 25.2 Å². The molecule has 0 amide bonds. The lowest BCUT2D eigenvalue weighted by molar-refractivity contribution is 0.714. The van der Waals surface area contributed by atoms with Gasteiger partial charge in [0.25, 0.3) is 0 Å². The summed E-state index contributed by atoms with van der Waals surface area (Å²) in [5, 5.41) is 11.5. The molecule has 0 saturated heterocycles. The smallest absolute Gasteiger partial charge is 0.182 e. The molecule has 5 heteroatoms. The molecule has 0 saturated carbocycles. The minimum atomic E-state index is 0.812. The van der Waals surface area contributed by atoms with Crippen LogP contribution in [0.15, 0.2) is 29.2 Å². The summed E-state index contributed by atoms with van der Waals surface area (Å²) >= 11 is 1.80. The summed E-state index contributed by atoms with van der Waals surface area (Å²) in [6, 6.07) is 8.18. The predicted molar refractivity (Wildman–Crippen MR) is 60.6 cm³/mol. The molecule has 15 heavy (non-hydrogen) atoms. The number of nitrogens with zero attached hydrogens (tertiary/aromatic N) is 4. The van der Waals surface area contributed by atoms with Crippen molar-refractivity contribution in [3.63, 3.8) is 0 Å². The van der Waals surface area contributed by atoms with E-state index in [0.29, 0.717) is 0 Å². The molecule has 0 fully saturated rings. The fourth-order valence-corrected chi connectivity index (χ4v) is 2.19. The molecule has 0 aliphatic heterocycles. The summed E-state index contributed by atoms with van der Waals surface area (Å²) in [6.07, 6.45) is 0. The third-order valence-electron chi connectivity index (χ3n) is 2.05. The summed E-state index contributed by atoms with van der Waals surface area (Å²) in [5.74, 6) is 1.86. The maximum Gasteiger partial charge on any atom is 0.182 e. The second-order valence-electron chi connectivity index (χ2n) is 3.06. The van der Waals surface area contributed by atoms with Gasteiger partial charge in [-0.3, -0.25) is 0 Å². The largest absolute Gasteiger partial charge is 0.229 e. The van der Waals surface area contributed by atoms with E-state index in [9.17, 15) is 0 Å². The van der Waals surface area contributed by atoms with Crippen molar-refractivity contribution in [3.8, 4) is 11.4 Å². The highest BCUT2D eigenvalue weighted by Gasteiger charge is 2.09. The van der Waals surface area contributed by atoms with Gasteiger partial charge in [-0.15, -0.1) is 16.9 Å². The fourth-order valence-electron chi connectivity index (χ4n) is 1.39. The molecule has 0 radical (unpaired) electrons. The number of hydrogen-bond donors (Lipinski definition) is 0. The summed E-state index contributed by atoms with van der Waals surface area (Å²) in [5.41, 5.74) is 1.09. The van der Waals surface area contributed by atoms with Crippen LogP contribution in [-0.2, 0) is 7.05 Å². The van der Waals surface area contributed by atoms with Gasteiger partial charge >= 0.3 is 0 Å². The number of benzene rings is 1. The Morgan fingerprint density at radius 2 is 2.13 bits per heavy atom. The highest BCUT2D eigenvalue weighted by atomic mass is 32.2. The van der Waals surface area contributed by atoms with Crippen molar-refractivity contribution in [1.82, 2.24) is 20.2 Å². The zero-order valence-corrected chi connectivity index (χ0v) is 9.53. The number of rotatable bonds is 3. The number of hydrogen-bond acceptors (Lipinski definition) is 4. The van der Waals surface area contributed by atoms with E-state index < -0.39 is 0 Å². The maximum absolute atomic E-state index is 4.02. The lowest BCUT2D eigenvalue weighted by Crippen LogP contribution is -1.95. The van der Waals surface area contributed by atoms with E-state index in [2.05, 4.69) is 28.5 Å². The van der Waals surface area contributed by atoms with Crippen LogP contribution in [0.5, 0.6) is 0 Å². The van der Waals surface area contributed by atoms with E-state index in [1.54, 1.807) is 16.4 Å². The van der Waals surface area contributed by atoms with Gasteiger partial charge < -0.3 is 0 Å². The summed E-state index contributed by atoms with van der Waals surface area (Å²) in [7, 11) is 1.85. The summed E-state index contributed by atoms with van der Waals surface area (Å²) in [4.78, 5) is 1.22. The zero-order valence-electron chi connectivity index (χ0n) is 8.71. The molecule has 0 bridgehead atoms. The predicted octanol–water partition coefficient (Wildman–Crippen LogP) is 1.99. The first-order valence-electron chi connectivity index (χ1n) is 4.77. The fraction of sp³-hybridized carbons (Fsp3) is 0.300. The average Bonchev–Trinajstić information content (AvgIpc) is 2.66. The molecule has 0 atom stereocenters. The van der Waals surface area contributed by atoms with E-state index in [1.165, 1.54) is 4.90 Å². The molecule has 0 spiro atoms. The zero-order chi connectivity index (χ0) is 10.7. The van der Waals surface area contributed by atoms with Crippen LogP contribution in [0.1, 0.15) is 6.92 Å². The molecule has 78 valence electrons. The Balaban J connectivity index is 2.48. The molecule has 0 unspecified atom stereocenters. The van der Waals surface area contributed by atoms with Crippen molar-refractivity contribution in [2.75, 3.05) is 5.75 Å². The Morgan fingerprint density at radius 1 is 1.33 bits per heavy atom. The van der Waals surface area contributed by atoms with Crippen LogP contribution in [0.3, 0.4) is 0 Å². The van der Waals surface area contributed by atoms with Crippen LogP contribution in [-0.4, -0.2) is 26.0 Å². The Bertz CT molecular complexity index is 452. The van der Waals surface area contributed by atoms with Gasteiger partial charge in [-0.1, -0.05) is 19.1 Å². The monoisotopic (exact) mass is 220 g/mol. The lowest BCUT2D eigenvalue weighted by Gasteiger charge is -2.05. The number of aromatic nitrogens is 4. The second kappa shape index (κ2) is 4.44. The van der Waals surface area contributed by atoms with E-state index in [0.717, 1.165) is 17.1 Å². The van der Waals surface area contributed by atoms with Gasteiger partial charge in [0.1, 0.15) is 0 Å². The Morgan fingerprint density at radius 3 is 2.80 bits per heavy atom. The SMILES string of the molecule is CCSc1ccccc1-c1nnnn1C. The first kappa shape index (κ1) is 10.2. The molecule has 2 aromatic rings. The van der Waals surface area contributed by atoms with Crippen LogP contribution < -0.4 is 0 Å². The molecular weight excluding hydrogens is 208 g/mol. The van der Waals surface area contributed by atoms with E-state index in [4.69, 9.17) is 0 Å².